The monoisotopic (exact) mass is 338 g/mol. The smallest absolute Gasteiger partial charge is 0.217 e. The molecule has 0 radical (unpaired) electrons. The summed E-state index contributed by atoms with van der Waals surface area (Å²) >= 11 is 11.5. The average molecular weight is 339 g/mol. The van der Waals surface area contributed by atoms with Crippen molar-refractivity contribution in [2.75, 3.05) is 13.7 Å². The number of aromatic nitrogens is 3. The Labute approximate surface area is 139 Å². The van der Waals surface area contributed by atoms with Crippen molar-refractivity contribution in [1.82, 2.24) is 19.7 Å². The van der Waals surface area contributed by atoms with E-state index in [1.54, 1.807) is 13.2 Å². The zero-order valence-electron chi connectivity index (χ0n) is 12.7. The van der Waals surface area contributed by atoms with Gasteiger partial charge in [0.2, 0.25) is 4.77 Å². The minimum absolute atomic E-state index is 0.538. The number of hydrogen-bond acceptors (Lipinski definition) is 4. The van der Waals surface area contributed by atoms with Crippen molar-refractivity contribution >= 4 is 23.8 Å². The second kappa shape index (κ2) is 6.40. The normalized spacial score (nSPS) is 14.5. The van der Waals surface area contributed by atoms with E-state index in [0.29, 0.717) is 21.7 Å². The second-order valence-corrected chi connectivity index (χ2v) is 6.21. The number of methoxy groups -OCH3 is 1. The Bertz CT molecular complexity index is 723. The second-order valence-electron chi connectivity index (χ2n) is 5.41. The van der Waals surface area contributed by atoms with Crippen molar-refractivity contribution in [2.24, 2.45) is 0 Å². The lowest BCUT2D eigenvalue weighted by Crippen LogP contribution is -2.29. The summed E-state index contributed by atoms with van der Waals surface area (Å²) < 4.78 is 7.82. The number of benzene rings is 1. The van der Waals surface area contributed by atoms with E-state index < -0.39 is 0 Å². The van der Waals surface area contributed by atoms with Crippen LogP contribution >= 0.6 is 23.8 Å². The summed E-state index contributed by atoms with van der Waals surface area (Å²) in [5.41, 5.74) is 0.814. The van der Waals surface area contributed by atoms with Crippen LogP contribution in [-0.2, 0) is 6.67 Å². The molecule has 22 heavy (non-hydrogen) atoms. The molecule has 0 unspecified atom stereocenters. The maximum Gasteiger partial charge on any atom is 0.217 e. The van der Waals surface area contributed by atoms with Gasteiger partial charge in [-0.25, -0.2) is 4.68 Å². The van der Waals surface area contributed by atoms with E-state index in [2.05, 4.69) is 21.9 Å². The fraction of sp³-hybridized carbons (Fsp3) is 0.467. The first-order valence-corrected chi connectivity index (χ1v) is 8.15. The molecule has 1 fully saturated rings. The van der Waals surface area contributed by atoms with Crippen LogP contribution in [0.4, 0.5) is 0 Å². The summed E-state index contributed by atoms with van der Waals surface area (Å²) in [7, 11) is 1.63. The Kier molecular flexibility index (Phi) is 4.52. The van der Waals surface area contributed by atoms with Crippen LogP contribution in [0.1, 0.15) is 19.8 Å². The highest BCUT2D eigenvalue weighted by Crippen LogP contribution is 2.31. The third-order valence-corrected chi connectivity index (χ3v) is 4.44. The van der Waals surface area contributed by atoms with Gasteiger partial charge in [0.1, 0.15) is 5.75 Å². The first kappa shape index (κ1) is 15.5. The molecular weight excluding hydrogens is 320 g/mol. The zero-order chi connectivity index (χ0) is 15.7. The van der Waals surface area contributed by atoms with Crippen LogP contribution in [0.5, 0.6) is 5.75 Å². The number of aromatic amines is 1. The topological polar surface area (TPSA) is 46.1 Å². The first-order chi connectivity index (χ1) is 10.6. The van der Waals surface area contributed by atoms with Crippen molar-refractivity contribution in [1.29, 1.82) is 0 Å². The summed E-state index contributed by atoms with van der Waals surface area (Å²) in [6.45, 7) is 3.90. The maximum atomic E-state index is 6.09. The molecule has 0 atom stereocenters. The van der Waals surface area contributed by atoms with E-state index in [9.17, 15) is 0 Å². The van der Waals surface area contributed by atoms with Crippen LogP contribution in [0.3, 0.4) is 0 Å². The molecule has 1 aliphatic carbocycles. The number of hydrogen-bond donors (Lipinski definition) is 1. The van der Waals surface area contributed by atoms with Gasteiger partial charge < -0.3 is 4.74 Å². The molecular formula is C15H19ClN4OS. The molecule has 1 N–H and O–H groups in total. The number of nitrogens with zero attached hydrogens (tertiary/aromatic N) is 3. The number of rotatable bonds is 6. The van der Waals surface area contributed by atoms with E-state index in [1.807, 2.05) is 16.8 Å². The maximum absolute atomic E-state index is 6.09. The van der Waals surface area contributed by atoms with E-state index in [-0.39, 0.29) is 0 Å². The summed E-state index contributed by atoms with van der Waals surface area (Å²) in [6, 6.07) is 6.13. The standard InChI is InChI=1S/C15H19ClN4OS/c1-3-19(11-5-6-11)9-20-15(22)17-14(18-20)12-8-10(16)4-7-13(12)21-2/h4,7-8,11H,3,5-6,9H2,1-2H3,(H,17,18,22). The van der Waals surface area contributed by atoms with Gasteiger partial charge in [-0.2, -0.15) is 4.98 Å². The Morgan fingerprint density at radius 3 is 2.91 bits per heavy atom. The quantitative estimate of drug-likeness (QED) is 0.815. The third-order valence-electron chi connectivity index (χ3n) is 3.89. The van der Waals surface area contributed by atoms with Crippen LogP contribution in [0, 0.1) is 4.77 Å². The number of H-pyrrole nitrogens is 1. The van der Waals surface area contributed by atoms with Gasteiger partial charge in [0.05, 0.1) is 19.3 Å². The summed E-state index contributed by atoms with van der Waals surface area (Å²) in [5.74, 6) is 1.39. The number of halogens is 1. The molecule has 1 heterocycles. The molecule has 2 aromatic rings. The van der Waals surface area contributed by atoms with Gasteiger partial charge in [0.15, 0.2) is 5.82 Å². The molecule has 0 spiro atoms. The Morgan fingerprint density at radius 1 is 1.50 bits per heavy atom. The molecule has 1 aromatic heterocycles. The van der Waals surface area contributed by atoms with Gasteiger partial charge in [-0.1, -0.05) is 18.5 Å². The number of ether oxygens (including phenoxy) is 1. The molecule has 0 aliphatic heterocycles. The van der Waals surface area contributed by atoms with Crippen LogP contribution in [0.15, 0.2) is 18.2 Å². The van der Waals surface area contributed by atoms with Crippen LogP contribution in [-0.4, -0.2) is 39.4 Å². The van der Waals surface area contributed by atoms with Gasteiger partial charge >= 0.3 is 0 Å². The Morgan fingerprint density at radius 2 is 2.27 bits per heavy atom. The highest BCUT2D eigenvalue weighted by molar-refractivity contribution is 7.71. The molecule has 7 heteroatoms. The van der Waals surface area contributed by atoms with E-state index in [4.69, 9.17) is 28.6 Å². The third kappa shape index (κ3) is 3.19. The lowest BCUT2D eigenvalue weighted by atomic mass is 10.2. The van der Waals surface area contributed by atoms with Crippen LogP contribution < -0.4 is 4.74 Å². The zero-order valence-corrected chi connectivity index (χ0v) is 14.2. The Hall–Kier alpha value is -1.37. The minimum Gasteiger partial charge on any atom is -0.496 e. The largest absolute Gasteiger partial charge is 0.496 e. The van der Waals surface area contributed by atoms with Crippen LogP contribution in [0.25, 0.3) is 11.4 Å². The molecule has 3 rings (SSSR count). The van der Waals surface area contributed by atoms with Gasteiger partial charge in [0, 0.05) is 11.1 Å². The lowest BCUT2D eigenvalue weighted by molar-refractivity contribution is 0.206. The molecule has 5 nitrogen and oxygen atoms in total. The van der Waals surface area contributed by atoms with Crippen LogP contribution in [0.2, 0.25) is 5.02 Å². The lowest BCUT2D eigenvalue weighted by Gasteiger charge is -2.19. The predicted molar refractivity (Wildman–Crippen MR) is 89.8 cm³/mol. The van der Waals surface area contributed by atoms with Gasteiger partial charge in [-0.3, -0.25) is 10.00 Å². The molecule has 0 saturated heterocycles. The van der Waals surface area contributed by atoms with Gasteiger partial charge in [-0.15, -0.1) is 0 Å². The van der Waals surface area contributed by atoms with Crippen molar-refractivity contribution in [3.63, 3.8) is 0 Å². The summed E-state index contributed by atoms with van der Waals surface area (Å²) in [4.78, 5) is 6.85. The van der Waals surface area contributed by atoms with E-state index in [0.717, 1.165) is 24.5 Å². The molecule has 0 amide bonds. The van der Waals surface area contributed by atoms with Crippen molar-refractivity contribution in [3.05, 3.63) is 28.0 Å². The highest BCUT2D eigenvalue weighted by atomic mass is 35.5. The molecule has 118 valence electrons. The summed E-state index contributed by atoms with van der Waals surface area (Å²) in [6.07, 6.45) is 2.54. The molecule has 0 bridgehead atoms. The molecule has 1 aromatic carbocycles. The van der Waals surface area contributed by atoms with Crippen molar-refractivity contribution in [3.8, 4) is 17.1 Å². The Balaban J connectivity index is 1.91. The first-order valence-electron chi connectivity index (χ1n) is 7.37. The summed E-state index contributed by atoms with van der Waals surface area (Å²) in [5, 5.41) is 3.91. The average Bonchev–Trinajstić information content (AvgIpc) is 3.29. The van der Waals surface area contributed by atoms with Gasteiger partial charge in [-0.05, 0) is 49.8 Å². The van der Waals surface area contributed by atoms with E-state index in [1.165, 1.54) is 12.8 Å². The SMILES string of the molecule is CCN(Cn1[nH]c(-c2cc(Cl)ccc2OC)nc1=S)C1CC1. The fourth-order valence-electron chi connectivity index (χ4n) is 2.53. The number of nitrogens with one attached hydrogen (secondary N) is 1. The minimum atomic E-state index is 0.538. The predicted octanol–water partition coefficient (Wildman–Crippen LogP) is 3.71. The van der Waals surface area contributed by atoms with Crippen molar-refractivity contribution in [2.45, 2.75) is 32.5 Å². The molecule has 1 aliphatic rings. The van der Waals surface area contributed by atoms with Gasteiger partial charge in [0.25, 0.3) is 0 Å². The molecule has 1 saturated carbocycles. The van der Waals surface area contributed by atoms with E-state index >= 15 is 0 Å². The fourth-order valence-corrected chi connectivity index (χ4v) is 2.90. The highest BCUT2D eigenvalue weighted by Gasteiger charge is 2.28. The van der Waals surface area contributed by atoms with Crippen molar-refractivity contribution < 1.29 is 4.74 Å².